The number of rotatable bonds is 4. The summed E-state index contributed by atoms with van der Waals surface area (Å²) in [6.45, 7) is 5.48. The van der Waals surface area contributed by atoms with Gasteiger partial charge in [0.1, 0.15) is 0 Å². The van der Waals surface area contributed by atoms with Crippen molar-refractivity contribution in [2.24, 2.45) is 5.41 Å². The second-order valence-electron chi connectivity index (χ2n) is 5.82. The molecule has 1 aromatic heterocycles. The van der Waals surface area contributed by atoms with Crippen molar-refractivity contribution < 1.29 is 9.53 Å². The highest BCUT2D eigenvalue weighted by Crippen LogP contribution is 2.19. The molecule has 8 heteroatoms. The van der Waals surface area contributed by atoms with Gasteiger partial charge in [0.2, 0.25) is 5.16 Å². The third-order valence-electron chi connectivity index (χ3n) is 2.80. The lowest BCUT2D eigenvalue weighted by atomic mass is 9.97. The lowest BCUT2D eigenvalue weighted by molar-refractivity contribution is -0.151. The van der Waals surface area contributed by atoms with Gasteiger partial charge in [-0.15, -0.1) is 5.10 Å². The number of carbonyl (C=O) groups excluding carboxylic acids is 1. The van der Waals surface area contributed by atoms with Crippen LogP contribution in [0.5, 0.6) is 0 Å². The van der Waals surface area contributed by atoms with Gasteiger partial charge in [0.15, 0.2) is 6.61 Å². The van der Waals surface area contributed by atoms with Crippen LogP contribution in [0.3, 0.4) is 0 Å². The van der Waals surface area contributed by atoms with Crippen molar-refractivity contribution >= 4 is 29.3 Å². The SMILES string of the molecule is CC(C)(C)C(=O)OCC#CCSc1nnnn1-c1ccc(Cl)cc1. The summed E-state index contributed by atoms with van der Waals surface area (Å²) in [7, 11) is 0. The molecule has 0 radical (unpaired) electrons. The Bertz CT molecular complexity index is 757. The summed E-state index contributed by atoms with van der Waals surface area (Å²) in [6.07, 6.45) is 0. The molecular formula is C16H17ClN4O2S. The molecular weight excluding hydrogens is 348 g/mol. The quantitative estimate of drug-likeness (QED) is 0.472. The maximum absolute atomic E-state index is 11.6. The maximum atomic E-state index is 11.6. The minimum atomic E-state index is -0.517. The summed E-state index contributed by atoms with van der Waals surface area (Å²) >= 11 is 7.27. The number of benzene rings is 1. The van der Waals surface area contributed by atoms with E-state index in [9.17, 15) is 4.79 Å². The summed E-state index contributed by atoms with van der Waals surface area (Å²) in [4.78, 5) is 11.6. The molecule has 0 amide bonds. The van der Waals surface area contributed by atoms with Crippen LogP contribution >= 0.6 is 23.4 Å². The molecule has 0 spiro atoms. The van der Waals surface area contributed by atoms with E-state index in [0.717, 1.165) is 5.69 Å². The van der Waals surface area contributed by atoms with Crippen LogP contribution in [0.1, 0.15) is 20.8 Å². The first kappa shape index (κ1) is 18.3. The second-order valence-corrected chi connectivity index (χ2v) is 7.20. The van der Waals surface area contributed by atoms with Gasteiger partial charge in [-0.2, -0.15) is 4.68 Å². The zero-order valence-corrected chi connectivity index (χ0v) is 15.2. The van der Waals surface area contributed by atoms with Gasteiger partial charge in [0.05, 0.1) is 16.9 Å². The summed E-state index contributed by atoms with van der Waals surface area (Å²) in [5, 5.41) is 12.9. The minimum absolute atomic E-state index is 0.0821. The number of aromatic nitrogens is 4. The van der Waals surface area contributed by atoms with Gasteiger partial charge in [-0.1, -0.05) is 35.2 Å². The number of thioether (sulfide) groups is 1. The van der Waals surface area contributed by atoms with Crippen molar-refractivity contribution in [1.82, 2.24) is 20.2 Å². The highest BCUT2D eigenvalue weighted by Gasteiger charge is 2.22. The first-order chi connectivity index (χ1) is 11.4. The molecule has 6 nitrogen and oxygen atoms in total. The van der Waals surface area contributed by atoms with Crippen LogP contribution < -0.4 is 0 Å². The molecule has 0 unspecified atom stereocenters. The van der Waals surface area contributed by atoms with E-state index in [0.29, 0.717) is 15.9 Å². The lowest BCUT2D eigenvalue weighted by Gasteiger charge is -2.14. The minimum Gasteiger partial charge on any atom is -0.452 e. The fraction of sp³-hybridized carbons (Fsp3) is 0.375. The maximum Gasteiger partial charge on any atom is 0.312 e. The molecule has 0 bridgehead atoms. The number of nitrogens with zero attached hydrogens (tertiary/aromatic N) is 4. The van der Waals surface area contributed by atoms with Gasteiger partial charge in [0.25, 0.3) is 0 Å². The van der Waals surface area contributed by atoms with Crippen LogP contribution in [-0.2, 0) is 9.53 Å². The summed E-state index contributed by atoms with van der Waals surface area (Å²) in [6, 6.07) is 7.22. The van der Waals surface area contributed by atoms with E-state index in [1.54, 1.807) is 37.6 Å². The molecule has 0 saturated heterocycles. The van der Waals surface area contributed by atoms with Crippen molar-refractivity contribution in [1.29, 1.82) is 0 Å². The van der Waals surface area contributed by atoms with Gasteiger partial charge in [-0.25, -0.2) is 0 Å². The predicted octanol–water partition coefficient (Wildman–Crippen LogP) is 3.00. The molecule has 0 saturated carbocycles. The molecule has 2 rings (SSSR count). The monoisotopic (exact) mass is 364 g/mol. The summed E-state index contributed by atoms with van der Waals surface area (Å²) in [5.41, 5.74) is 0.302. The first-order valence-electron chi connectivity index (χ1n) is 7.18. The van der Waals surface area contributed by atoms with Crippen LogP contribution in [0, 0.1) is 17.3 Å². The number of tetrazole rings is 1. The summed E-state index contributed by atoms with van der Waals surface area (Å²) < 4.78 is 6.68. The van der Waals surface area contributed by atoms with Crippen LogP contribution in [0.25, 0.3) is 5.69 Å². The third-order valence-corrected chi connectivity index (χ3v) is 3.85. The van der Waals surface area contributed by atoms with Crippen LogP contribution in [0.15, 0.2) is 29.4 Å². The number of hydrogen-bond donors (Lipinski definition) is 0. The van der Waals surface area contributed by atoms with Gasteiger partial charge in [-0.3, -0.25) is 4.79 Å². The van der Waals surface area contributed by atoms with Crippen molar-refractivity contribution in [2.45, 2.75) is 25.9 Å². The Morgan fingerprint density at radius 2 is 2.00 bits per heavy atom. The van der Waals surface area contributed by atoms with Crippen LogP contribution in [-0.4, -0.2) is 38.5 Å². The fourth-order valence-corrected chi connectivity index (χ4v) is 2.32. The first-order valence-corrected chi connectivity index (χ1v) is 8.54. The Kier molecular flexibility index (Phi) is 6.23. The molecule has 0 aliphatic rings. The van der Waals surface area contributed by atoms with Crippen molar-refractivity contribution in [2.75, 3.05) is 12.4 Å². The average Bonchev–Trinajstić information content (AvgIpc) is 2.98. The Hall–Kier alpha value is -2.04. The van der Waals surface area contributed by atoms with Gasteiger partial charge >= 0.3 is 5.97 Å². The molecule has 1 aromatic carbocycles. The average molecular weight is 365 g/mol. The number of carbonyl (C=O) groups is 1. The molecule has 2 aromatic rings. The Morgan fingerprint density at radius 3 is 2.67 bits per heavy atom. The van der Waals surface area contributed by atoms with Crippen LogP contribution in [0.2, 0.25) is 5.02 Å². The van der Waals surface area contributed by atoms with E-state index in [1.807, 2.05) is 12.1 Å². The number of esters is 1. The third kappa shape index (κ3) is 5.25. The molecule has 1 heterocycles. The summed E-state index contributed by atoms with van der Waals surface area (Å²) in [5.74, 6) is 5.95. The molecule has 0 atom stereocenters. The number of halogens is 1. The topological polar surface area (TPSA) is 69.9 Å². The number of hydrogen-bond acceptors (Lipinski definition) is 6. The molecule has 24 heavy (non-hydrogen) atoms. The van der Waals surface area contributed by atoms with E-state index in [1.165, 1.54) is 11.8 Å². The highest BCUT2D eigenvalue weighted by atomic mass is 35.5. The van der Waals surface area contributed by atoms with Crippen molar-refractivity contribution in [3.05, 3.63) is 29.3 Å². The van der Waals surface area contributed by atoms with E-state index < -0.39 is 5.41 Å². The second kappa shape index (κ2) is 8.18. The predicted molar refractivity (Wildman–Crippen MR) is 93.1 cm³/mol. The molecule has 0 fully saturated rings. The van der Waals surface area contributed by atoms with E-state index in [2.05, 4.69) is 27.4 Å². The zero-order valence-electron chi connectivity index (χ0n) is 13.6. The smallest absolute Gasteiger partial charge is 0.312 e. The van der Waals surface area contributed by atoms with Gasteiger partial charge in [0, 0.05) is 5.02 Å². The standard InChI is InChI=1S/C16H17ClN4O2S/c1-16(2,3)14(22)23-10-4-5-11-24-15-18-19-20-21(15)13-8-6-12(17)7-9-13/h6-9H,10-11H2,1-3H3. The molecule has 0 aliphatic carbocycles. The number of ether oxygens (including phenoxy) is 1. The highest BCUT2D eigenvalue weighted by molar-refractivity contribution is 7.99. The van der Waals surface area contributed by atoms with Crippen molar-refractivity contribution in [3.8, 4) is 17.5 Å². The lowest BCUT2D eigenvalue weighted by Crippen LogP contribution is -2.22. The Balaban J connectivity index is 1.86. The molecule has 0 N–H and O–H groups in total. The largest absolute Gasteiger partial charge is 0.452 e. The normalized spacial score (nSPS) is 10.8. The van der Waals surface area contributed by atoms with E-state index >= 15 is 0 Å². The Morgan fingerprint density at radius 1 is 1.29 bits per heavy atom. The van der Waals surface area contributed by atoms with E-state index in [-0.39, 0.29) is 12.6 Å². The molecule has 0 aliphatic heterocycles. The van der Waals surface area contributed by atoms with Crippen molar-refractivity contribution in [3.63, 3.8) is 0 Å². The van der Waals surface area contributed by atoms with Crippen LogP contribution in [0.4, 0.5) is 0 Å². The Labute approximate surface area is 149 Å². The van der Waals surface area contributed by atoms with Gasteiger partial charge in [-0.05, 0) is 55.5 Å². The zero-order chi connectivity index (χ0) is 17.6. The molecule has 126 valence electrons. The fourth-order valence-electron chi connectivity index (χ4n) is 1.53. The van der Waals surface area contributed by atoms with E-state index in [4.69, 9.17) is 16.3 Å². The van der Waals surface area contributed by atoms with Gasteiger partial charge < -0.3 is 4.74 Å².